The number of sulfonamides is 1. The van der Waals surface area contributed by atoms with Gasteiger partial charge in [0, 0.05) is 13.1 Å². The number of rotatable bonds is 3. The Morgan fingerprint density at radius 3 is 2.38 bits per heavy atom. The van der Waals surface area contributed by atoms with Gasteiger partial charge in [0.2, 0.25) is 10.0 Å². The zero-order valence-electron chi connectivity index (χ0n) is 9.02. The SMILES string of the molecule is O=C(ONS(=O)(=O)C1CC1)N1CCCCC1. The molecule has 7 heteroatoms. The van der Waals surface area contributed by atoms with Crippen molar-refractivity contribution in [3.05, 3.63) is 0 Å². The first-order valence-electron chi connectivity index (χ1n) is 5.56. The highest BCUT2D eigenvalue weighted by atomic mass is 32.2. The second kappa shape index (κ2) is 4.58. The molecule has 2 rings (SSSR count). The lowest BCUT2D eigenvalue weighted by atomic mass is 10.1. The zero-order chi connectivity index (χ0) is 11.6. The number of amides is 1. The molecule has 16 heavy (non-hydrogen) atoms. The molecule has 0 aromatic heterocycles. The Labute approximate surface area is 94.9 Å². The minimum absolute atomic E-state index is 0.373. The van der Waals surface area contributed by atoms with Crippen LogP contribution >= 0.6 is 0 Å². The largest absolute Gasteiger partial charge is 0.429 e. The normalized spacial score (nSPS) is 21.9. The Balaban J connectivity index is 1.78. The van der Waals surface area contributed by atoms with Crippen molar-refractivity contribution < 1.29 is 18.0 Å². The van der Waals surface area contributed by atoms with Crippen LogP contribution in [0.1, 0.15) is 32.1 Å². The topological polar surface area (TPSA) is 75.7 Å². The van der Waals surface area contributed by atoms with Gasteiger partial charge >= 0.3 is 6.09 Å². The van der Waals surface area contributed by atoms with Crippen molar-refractivity contribution in [1.82, 2.24) is 9.79 Å². The third-order valence-corrected chi connectivity index (χ3v) is 4.49. The Morgan fingerprint density at radius 2 is 1.81 bits per heavy atom. The summed E-state index contributed by atoms with van der Waals surface area (Å²) in [6.45, 7) is 1.29. The van der Waals surface area contributed by atoms with Crippen LogP contribution in [0.4, 0.5) is 4.79 Å². The molecule has 2 aliphatic rings. The molecule has 0 atom stereocenters. The summed E-state index contributed by atoms with van der Waals surface area (Å²) >= 11 is 0. The van der Waals surface area contributed by atoms with Gasteiger partial charge in [-0.15, -0.1) is 0 Å². The number of nitrogens with zero attached hydrogens (tertiary/aromatic N) is 1. The number of carbonyl (C=O) groups excluding carboxylic acids is 1. The maximum Gasteiger partial charge on any atom is 0.429 e. The fourth-order valence-corrected chi connectivity index (χ4v) is 2.76. The number of carbonyl (C=O) groups is 1. The molecule has 1 aliphatic heterocycles. The lowest BCUT2D eigenvalue weighted by Crippen LogP contribution is -2.40. The molecule has 1 amide bonds. The minimum Gasteiger partial charge on any atom is -0.338 e. The van der Waals surface area contributed by atoms with Crippen molar-refractivity contribution in [2.24, 2.45) is 0 Å². The van der Waals surface area contributed by atoms with Gasteiger partial charge in [0.25, 0.3) is 0 Å². The third kappa shape index (κ3) is 2.85. The minimum atomic E-state index is -3.44. The fourth-order valence-electron chi connectivity index (χ4n) is 1.68. The van der Waals surface area contributed by atoms with E-state index >= 15 is 0 Å². The standard InChI is InChI=1S/C9H16N2O4S/c12-9(11-6-2-1-3-7-11)15-10-16(13,14)8-4-5-8/h8,10H,1-7H2. The molecule has 1 heterocycles. The molecule has 0 unspecified atom stereocenters. The van der Waals surface area contributed by atoms with Crippen molar-refractivity contribution in [3.63, 3.8) is 0 Å². The summed E-state index contributed by atoms with van der Waals surface area (Å²) in [7, 11) is -3.44. The molecular weight excluding hydrogens is 232 g/mol. The number of piperidine rings is 1. The highest BCUT2D eigenvalue weighted by Crippen LogP contribution is 2.27. The van der Waals surface area contributed by atoms with Gasteiger partial charge in [-0.05, 0) is 37.0 Å². The summed E-state index contributed by atoms with van der Waals surface area (Å²) in [4.78, 5) is 19.5. The van der Waals surface area contributed by atoms with Crippen molar-refractivity contribution in [2.45, 2.75) is 37.4 Å². The average molecular weight is 248 g/mol. The van der Waals surface area contributed by atoms with Crippen LogP contribution in [-0.2, 0) is 14.9 Å². The van der Waals surface area contributed by atoms with E-state index in [2.05, 4.69) is 4.84 Å². The van der Waals surface area contributed by atoms with E-state index in [1.54, 1.807) is 0 Å². The van der Waals surface area contributed by atoms with Crippen LogP contribution in [0, 0.1) is 0 Å². The summed E-state index contributed by atoms with van der Waals surface area (Å²) in [5.41, 5.74) is 0. The Morgan fingerprint density at radius 1 is 1.19 bits per heavy atom. The van der Waals surface area contributed by atoms with Gasteiger partial charge in [0.15, 0.2) is 0 Å². The van der Waals surface area contributed by atoms with E-state index in [0.717, 1.165) is 19.3 Å². The molecule has 0 bridgehead atoms. The van der Waals surface area contributed by atoms with Crippen molar-refractivity contribution >= 4 is 16.1 Å². The smallest absolute Gasteiger partial charge is 0.338 e. The molecule has 0 radical (unpaired) electrons. The molecule has 1 saturated carbocycles. The van der Waals surface area contributed by atoms with E-state index < -0.39 is 16.1 Å². The first-order chi connectivity index (χ1) is 7.59. The van der Waals surface area contributed by atoms with E-state index in [9.17, 15) is 13.2 Å². The number of nitrogens with one attached hydrogen (secondary N) is 1. The Bertz CT molecular complexity index is 358. The van der Waals surface area contributed by atoms with E-state index in [0.29, 0.717) is 25.9 Å². The maximum absolute atomic E-state index is 11.5. The van der Waals surface area contributed by atoms with Gasteiger partial charge < -0.3 is 9.74 Å². The number of likely N-dealkylation sites (tertiary alicyclic amines) is 1. The first kappa shape index (κ1) is 11.7. The molecule has 6 nitrogen and oxygen atoms in total. The Hall–Kier alpha value is -0.820. The van der Waals surface area contributed by atoms with Gasteiger partial charge in [-0.2, -0.15) is 0 Å². The second-order valence-electron chi connectivity index (χ2n) is 4.24. The molecule has 2 fully saturated rings. The van der Waals surface area contributed by atoms with Crippen LogP contribution in [0.15, 0.2) is 0 Å². The highest BCUT2D eigenvalue weighted by molar-refractivity contribution is 7.90. The van der Waals surface area contributed by atoms with Gasteiger partial charge in [0.1, 0.15) is 0 Å². The van der Waals surface area contributed by atoms with Gasteiger partial charge in [-0.3, -0.25) is 0 Å². The van der Waals surface area contributed by atoms with Crippen LogP contribution < -0.4 is 4.89 Å². The molecule has 0 aromatic rings. The maximum atomic E-state index is 11.5. The van der Waals surface area contributed by atoms with E-state index in [1.807, 2.05) is 4.89 Å². The molecule has 1 N–H and O–H groups in total. The number of hydrogen-bond acceptors (Lipinski definition) is 4. The van der Waals surface area contributed by atoms with Crippen LogP contribution in [-0.4, -0.2) is 37.8 Å². The average Bonchev–Trinajstić information content (AvgIpc) is 3.11. The summed E-state index contributed by atoms with van der Waals surface area (Å²) < 4.78 is 22.7. The molecular formula is C9H16N2O4S. The van der Waals surface area contributed by atoms with Gasteiger partial charge in [-0.1, -0.05) is 0 Å². The lowest BCUT2D eigenvalue weighted by molar-refractivity contribution is 0.0774. The van der Waals surface area contributed by atoms with Crippen molar-refractivity contribution in [3.8, 4) is 0 Å². The first-order valence-corrected chi connectivity index (χ1v) is 7.10. The lowest BCUT2D eigenvalue weighted by Gasteiger charge is -2.25. The second-order valence-corrected chi connectivity index (χ2v) is 6.17. The fraction of sp³-hybridized carbons (Fsp3) is 0.889. The van der Waals surface area contributed by atoms with E-state index in [4.69, 9.17) is 0 Å². The van der Waals surface area contributed by atoms with Crippen LogP contribution in [0.5, 0.6) is 0 Å². The number of hydrogen-bond donors (Lipinski definition) is 1. The third-order valence-electron chi connectivity index (χ3n) is 2.82. The predicted molar refractivity (Wildman–Crippen MR) is 57.0 cm³/mol. The quantitative estimate of drug-likeness (QED) is 0.742. The molecule has 0 spiro atoms. The molecule has 1 saturated heterocycles. The van der Waals surface area contributed by atoms with E-state index in [1.165, 1.54) is 4.90 Å². The van der Waals surface area contributed by atoms with Crippen LogP contribution in [0.2, 0.25) is 0 Å². The molecule has 92 valence electrons. The summed E-state index contributed by atoms with van der Waals surface area (Å²) in [6, 6.07) is 0. The summed E-state index contributed by atoms with van der Waals surface area (Å²) in [5, 5.41) is -0.373. The summed E-state index contributed by atoms with van der Waals surface area (Å²) in [5.74, 6) is 0. The van der Waals surface area contributed by atoms with E-state index in [-0.39, 0.29) is 5.25 Å². The highest BCUT2D eigenvalue weighted by Gasteiger charge is 2.37. The summed E-state index contributed by atoms with van der Waals surface area (Å²) in [6.07, 6.45) is 3.71. The van der Waals surface area contributed by atoms with Crippen molar-refractivity contribution in [2.75, 3.05) is 13.1 Å². The van der Waals surface area contributed by atoms with Gasteiger partial charge in [-0.25, -0.2) is 13.2 Å². The van der Waals surface area contributed by atoms with Crippen LogP contribution in [0.3, 0.4) is 0 Å². The molecule has 1 aliphatic carbocycles. The zero-order valence-corrected chi connectivity index (χ0v) is 9.83. The van der Waals surface area contributed by atoms with Crippen molar-refractivity contribution in [1.29, 1.82) is 0 Å². The monoisotopic (exact) mass is 248 g/mol. The predicted octanol–water partition coefficient (Wildman–Crippen LogP) is 0.606. The van der Waals surface area contributed by atoms with Crippen LogP contribution in [0.25, 0.3) is 0 Å². The Kier molecular flexibility index (Phi) is 3.34. The molecule has 0 aromatic carbocycles. The van der Waals surface area contributed by atoms with Gasteiger partial charge in [0.05, 0.1) is 5.25 Å².